The first-order chi connectivity index (χ1) is 7.77. The van der Waals surface area contributed by atoms with Crippen LogP contribution in [-0.2, 0) is 6.54 Å². The smallest absolute Gasteiger partial charge is 0.129 e. The SMILES string of the molecule is Cc1cccnc1NCc1ccccc1Br. The number of nitrogens with one attached hydrogen (secondary N) is 1. The molecule has 1 aromatic carbocycles. The third kappa shape index (κ3) is 2.61. The summed E-state index contributed by atoms with van der Waals surface area (Å²) in [6.07, 6.45) is 1.80. The predicted molar refractivity (Wildman–Crippen MR) is 70.4 cm³/mol. The molecule has 0 fully saturated rings. The molecule has 2 rings (SSSR count). The van der Waals surface area contributed by atoms with Crippen LogP contribution in [0.4, 0.5) is 5.82 Å². The Morgan fingerprint density at radius 3 is 2.75 bits per heavy atom. The van der Waals surface area contributed by atoms with Gasteiger partial charge in [0, 0.05) is 17.2 Å². The lowest BCUT2D eigenvalue weighted by atomic mass is 10.2. The Hall–Kier alpha value is -1.35. The van der Waals surface area contributed by atoms with E-state index in [4.69, 9.17) is 0 Å². The molecule has 3 heteroatoms. The van der Waals surface area contributed by atoms with Crippen molar-refractivity contribution in [2.75, 3.05) is 5.32 Å². The fourth-order valence-electron chi connectivity index (χ4n) is 1.49. The van der Waals surface area contributed by atoms with Crippen LogP contribution >= 0.6 is 15.9 Å². The van der Waals surface area contributed by atoms with E-state index in [1.165, 1.54) is 5.56 Å². The van der Waals surface area contributed by atoms with Crippen molar-refractivity contribution in [1.82, 2.24) is 4.98 Å². The highest BCUT2D eigenvalue weighted by atomic mass is 79.9. The maximum absolute atomic E-state index is 4.30. The molecule has 0 saturated heterocycles. The van der Waals surface area contributed by atoms with Gasteiger partial charge in [-0.15, -0.1) is 0 Å². The van der Waals surface area contributed by atoms with Crippen LogP contribution in [0.15, 0.2) is 47.1 Å². The third-order valence-electron chi connectivity index (χ3n) is 2.41. The van der Waals surface area contributed by atoms with E-state index in [0.29, 0.717) is 0 Å². The summed E-state index contributed by atoms with van der Waals surface area (Å²) in [5.74, 6) is 0.943. The Morgan fingerprint density at radius 2 is 2.00 bits per heavy atom. The Balaban J connectivity index is 2.09. The Kier molecular flexibility index (Phi) is 3.57. The van der Waals surface area contributed by atoms with Crippen LogP contribution in [0.5, 0.6) is 0 Å². The largest absolute Gasteiger partial charge is 0.366 e. The van der Waals surface area contributed by atoms with Crippen molar-refractivity contribution in [3.05, 3.63) is 58.2 Å². The number of nitrogens with zero attached hydrogens (tertiary/aromatic N) is 1. The zero-order valence-electron chi connectivity index (χ0n) is 9.07. The van der Waals surface area contributed by atoms with Crippen molar-refractivity contribution in [3.8, 4) is 0 Å². The quantitative estimate of drug-likeness (QED) is 0.923. The van der Waals surface area contributed by atoms with Gasteiger partial charge in [-0.2, -0.15) is 0 Å². The molecule has 0 saturated carbocycles. The summed E-state index contributed by atoms with van der Waals surface area (Å²) >= 11 is 3.53. The molecular weight excluding hydrogens is 264 g/mol. The lowest BCUT2D eigenvalue weighted by molar-refractivity contribution is 1.09. The first-order valence-corrected chi connectivity index (χ1v) is 5.95. The van der Waals surface area contributed by atoms with Crippen LogP contribution in [0.1, 0.15) is 11.1 Å². The number of aromatic nitrogens is 1. The molecule has 0 aliphatic heterocycles. The zero-order chi connectivity index (χ0) is 11.4. The second-order valence-corrected chi connectivity index (χ2v) is 4.47. The van der Waals surface area contributed by atoms with Gasteiger partial charge in [-0.25, -0.2) is 4.98 Å². The van der Waals surface area contributed by atoms with Crippen molar-refractivity contribution < 1.29 is 0 Å². The van der Waals surface area contributed by atoms with E-state index >= 15 is 0 Å². The number of halogens is 1. The van der Waals surface area contributed by atoms with Gasteiger partial charge in [0.05, 0.1) is 0 Å². The van der Waals surface area contributed by atoms with Gasteiger partial charge < -0.3 is 5.32 Å². The molecule has 1 heterocycles. The molecule has 0 aliphatic rings. The van der Waals surface area contributed by atoms with Gasteiger partial charge in [0.25, 0.3) is 0 Å². The molecule has 0 bridgehead atoms. The summed E-state index contributed by atoms with van der Waals surface area (Å²) in [6, 6.07) is 12.2. The lowest BCUT2D eigenvalue weighted by Gasteiger charge is -2.09. The minimum Gasteiger partial charge on any atom is -0.366 e. The highest BCUT2D eigenvalue weighted by molar-refractivity contribution is 9.10. The maximum atomic E-state index is 4.30. The van der Waals surface area contributed by atoms with E-state index in [2.05, 4.69) is 45.3 Å². The first kappa shape index (κ1) is 11.1. The van der Waals surface area contributed by atoms with E-state index < -0.39 is 0 Å². The fourth-order valence-corrected chi connectivity index (χ4v) is 1.92. The van der Waals surface area contributed by atoms with Crippen LogP contribution in [-0.4, -0.2) is 4.98 Å². The van der Waals surface area contributed by atoms with Crippen LogP contribution in [0.3, 0.4) is 0 Å². The summed E-state index contributed by atoms with van der Waals surface area (Å²) in [5.41, 5.74) is 2.39. The molecule has 0 amide bonds. The molecule has 2 aromatic rings. The summed E-state index contributed by atoms with van der Waals surface area (Å²) in [7, 11) is 0. The van der Waals surface area contributed by atoms with Gasteiger partial charge >= 0.3 is 0 Å². The number of hydrogen-bond acceptors (Lipinski definition) is 2. The van der Waals surface area contributed by atoms with Crippen LogP contribution < -0.4 is 5.32 Å². The summed E-state index contributed by atoms with van der Waals surface area (Å²) in [4.78, 5) is 4.30. The third-order valence-corrected chi connectivity index (χ3v) is 3.19. The van der Waals surface area contributed by atoms with Crippen molar-refractivity contribution in [2.24, 2.45) is 0 Å². The molecular formula is C13H13BrN2. The number of hydrogen-bond donors (Lipinski definition) is 1. The monoisotopic (exact) mass is 276 g/mol. The molecule has 0 unspecified atom stereocenters. The normalized spacial score (nSPS) is 10.1. The topological polar surface area (TPSA) is 24.9 Å². The van der Waals surface area contributed by atoms with E-state index in [9.17, 15) is 0 Å². The average molecular weight is 277 g/mol. The van der Waals surface area contributed by atoms with Gasteiger partial charge in [-0.1, -0.05) is 40.2 Å². The molecule has 82 valence electrons. The summed E-state index contributed by atoms with van der Waals surface area (Å²) in [5, 5.41) is 3.33. The highest BCUT2D eigenvalue weighted by Crippen LogP contribution is 2.18. The van der Waals surface area contributed by atoms with E-state index in [1.54, 1.807) is 6.20 Å². The lowest BCUT2D eigenvalue weighted by Crippen LogP contribution is -2.03. The van der Waals surface area contributed by atoms with Crippen LogP contribution in [0, 0.1) is 6.92 Å². The van der Waals surface area contributed by atoms with E-state index in [-0.39, 0.29) is 0 Å². The second-order valence-electron chi connectivity index (χ2n) is 3.61. The highest BCUT2D eigenvalue weighted by Gasteiger charge is 2.00. The van der Waals surface area contributed by atoms with E-state index in [1.807, 2.05) is 24.3 Å². The van der Waals surface area contributed by atoms with Crippen molar-refractivity contribution in [3.63, 3.8) is 0 Å². The predicted octanol–water partition coefficient (Wildman–Crippen LogP) is 3.76. The molecule has 1 aromatic heterocycles. The molecule has 0 radical (unpaired) electrons. The standard InChI is InChI=1S/C13H13BrN2/c1-10-5-4-8-15-13(10)16-9-11-6-2-3-7-12(11)14/h2-8H,9H2,1H3,(H,15,16). The van der Waals surface area contributed by atoms with Crippen LogP contribution in [0.2, 0.25) is 0 Å². The molecule has 2 nitrogen and oxygen atoms in total. The second kappa shape index (κ2) is 5.12. The molecule has 0 atom stereocenters. The molecule has 0 aliphatic carbocycles. The molecule has 1 N–H and O–H groups in total. The summed E-state index contributed by atoms with van der Waals surface area (Å²) < 4.78 is 1.12. The van der Waals surface area contributed by atoms with Gasteiger partial charge in [-0.05, 0) is 30.2 Å². The molecule has 16 heavy (non-hydrogen) atoms. The van der Waals surface area contributed by atoms with Gasteiger partial charge in [-0.3, -0.25) is 0 Å². The molecule has 0 spiro atoms. The number of benzene rings is 1. The van der Waals surface area contributed by atoms with Crippen LogP contribution in [0.25, 0.3) is 0 Å². The summed E-state index contributed by atoms with van der Waals surface area (Å²) in [6.45, 7) is 2.83. The number of anilines is 1. The van der Waals surface area contributed by atoms with Gasteiger partial charge in [0.2, 0.25) is 0 Å². The zero-order valence-corrected chi connectivity index (χ0v) is 10.7. The van der Waals surface area contributed by atoms with Gasteiger partial charge in [0.15, 0.2) is 0 Å². The minimum absolute atomic E-state index is 0.777. The first-order valence-electron chi connectivity index (χ1n) is 5.16. The van der Waals surface area contributed by atoms with E-state index in [0.717, 1.165) is 22.4 Å². The number of aryl methyl sites for hydroxylation is 1. The average Bonchev–Trinajstić information content (AvgIpc) is 2.30. The fraction of sp³-hybridized carbons (Fsp3) is 0.154. The Labute approximate surface area is 104 Å². The Morgan fingerprint density at radius 1 is 1.19 bits per heavy atom. The number of rotatable bonds is 3. The van der Waals surface area contributed by atoms with Crippen molar-refractivity contribution in [2.45, 2.75) is 13.5 Å². The van der Waals surface area contributed by atoms with Gasteiger partial charge in [0.1, 0.15) is 5.82 Å². The van der Waals surface area contributed by atoms with Crippen molar-refractivity contribution >= 4 is 21.7 Å². The Bertz CT molecular complexity index is 437. The minimum atomic E-state index is 0.777. The number of pyridine rings is 1. The van der Waals surface area contributed by atoms with Crippen molar-refractivity contribution in [1.29, 1.82) is 0 Å². The maximum Gasteiger partial charge on any atom is 0.129 e.